The minimum atomic E-state index is 0.141. The number of rotatable bonds is 6. The Morgan fingerprint density at radius 3 is 2.62 bits per heavy atom. The Bertz CT molecular complexity index is 980. The van der Waals surface area contributed by atoms with Gasteiger partial charge in [0.05, 0.1) is 18.5 Å². The lowest BCUT2D eigenvalue weighted by atomic mass is 10.1. The zero-order valence-electron chi connectivity index (χ0n) is 17.0. The summed E-state index contributed by atoms with van der Waals surface area (Å²) in [5.74, 6) is 1.65. The number of thiophene rings is 1. The number of nitrogens with one attached hydrogen (secondary N) is 1. The molecule has 0 radical (unpaired) electrons. The van der Waals surface area contributed by atoms with Gasteiger partial charge in [0.25, 0.3) is 0 Å². The molecule has 1 saturated heterocycles. The van der Waals surface area contributed by atoms with E-state index in [1.165, 1.54) is 6.42 Å². The van der Waals surface area contributed by atoms with Crippen LogP contribution in [0.2, 0.25) is 0 Å². The van der Waals surface area contributed by atoms with Gasteiger partial charge in [-0.2, -0.15) is 0 Å². The molecule has 3 heterocycles. The summed E-state index contributed by atoms with van der Waals surface area (Å²) in [5.41, 5.74) is 2.24. The van der Waals surface area contributed by atoms with Gasteiger partial charge in [0.1, 0.15) is 16.5 Å². The van der Waals surface area contributed by atoms with Crippen LogP contribution in [0.4, 0.5) is 5.82 Å². The first-order valence-electron chi connectivity index (χ1n) is 10.1. The van der Waals surface area contributed by atoms with Crippen LogP contribution in [0.5, 0.6) is 0 Å². The van der Waals surface area contributed by atoms with E-state index in [2.05, 4.69) is 27.7 Å². The number of aromatic nitrogens is 2. The maximum Gasteiger partial charge on any atom is 0.241 e. The van der Waals surface area contributed by atoms with Gasteiger partial charge in [-0.3, -0.25) is 4.79 Å². The van der Waals surface area contributed by atoms with Gasteiger partial charge in [0.15, 0.2) is 0 Å². The van der Waals surface area contributed by atoms with E-state index in [0.717, 1.165) is 58.9 Å². The minimum absolute atomic E-state index is 0.141. The van der Waals surface area contributed by atoms with Crippen LogP contribution in [0, 0.1) is 0 Å². The standard InChI is InChI=1S/C22H27N5OS/c1-26(2)14-18-24-21(23-13-19(28)27-11-7-4-8-12-27)20-17(15-29-22(20)25-18)16-9-5-3-6-10-16/h3,5-6,9-10,15H,4,7-8,11-14H2,1-2H3,(H,23,24,25). The van der Waals surface area contributed by atoms with Crippen molar-refractivity contribution in [3.8, 4) is 11.1 Å². The Kier molecular flexibility index (Phi) is 6.06. The van der Waals surface area contributed by atoms with Crippen LogP contribution in [-0.2, 0) is 11.3 Å². The highest BCUT2D eigenvalue weighted by Crippen LogP contribution is 2.37. The van der Waals surface area contributed by atoms with Gasteiger partial charge in [-0.15, -0.1) is 11.3 Å². The number of anilines is 1. The van der Waals surface area contributed by atoms with Crippen LogP contribution in [-0.4, -0.2) is 59.4 Å². The molecule has 0 unspecified atom stereocenters. The van der Waals surface area contributed by atoms with E-state index in [9.17, 15) is 4.79 Å². The first-order chi connectivity index (χ1) is 14.1. The number of benzene rings is 1. The Hall–Kier alpha value is -2.51. The van der Waals surface area contributed by atoms with Gasteiger partial charge >= 0.3 is 0 Å². The van der Waals surface area contributed by atoms with Gasteiger partial charge in [-0.1, -0.05) is 30.3 Å². The van der Waals surface area contributed by atoms with Crippen molar-refractivity contribution < 1.29 is 4.79 Å². The van der Waals surface area contributed by atoms with E-state index < -0.39 is 0 Å². The molecule has 0 atom stereocenters. The van der Waals surface area contributed by atoms with Gasteiger partial charge in [-0.05, 0) is 38.9 Å². The molecule has 152 valence electrons. The van der Waals surface area contributed by atoms with E-state index in [-0.39, 0.29) is 12.5 Å². The van der Waals surface area contributed by atoms with Crippen LogP contribution in [0.3, 0.4) is 0 Å². The molecule has 2 aromatic heterocycles. The highest BCUT2D eigenvalue weighted by Gasteiger charge is 2.19. The van der Waals surface area contributed by atoms with Crippen molar-refractivity contribution >= 4 is 33.3 Å². The van der Waals surface area contributed by atoms with Crippen molar-refractivity contribution in [2.24, 2.45) is 0 Å². The molecule has 1 aliphatic heterocycles. The number of hydrogen-bond acceptors (Lipinski definition) is 6. The fraction of sp³-hybridized carbons (Fsp3) is 0.409. The molecule has 0 spiro atoms. The average Bonchev–Trinajstić information content (AvgIpc) is 3.16. The lowest BCUT2D eigenvalue weighted by Crippen LogP contribution is -2.39. The van der Waals surface area contributed by atoms with Gasteiger partial charge in [-0.25, -0.2) is 9.97 Å². The zero-order chi connectivity index (χ0) is 20.2. The molecule has 0 aliphatic carbocycles. The van der Waals surface area contributed by atoms with Crippen LogP contribution in [0.15, 0.2) is 35.7 Å². The molecule has 7 heteroatoms. The number of hydrogen-bond donors (Lipinski definition) is 1. The summed E-state index contributed by atoms with van der Waals surface area (Å²) >= 11 is 1.62. The Morgan fingerprint density at radius 1 is 1.14 bits per heavy atom. The SMILES string of the molecule is CN(C)Cc1nc(NCC(=O)N2CCCCC2)c2c(-c3ccccc3)csc2n1. The highest BCUT2D eigenvalue weighted by molar-refractivity contribution is 7.17. The predicted octanol–water partition coefficient (Wildman–Crippen LogP) is 3.84. The quantitative estimate of drug-likeness (QED) is 0.670. The maximum absolute atomic E-state index is 12.7. The molecule has 6 nitrogen and oxygen atoms in total. The molecule has 29 heavy (non-hydrogen) atoms. The van der Waals surface area contributed by atoms with E-state index >= 15 is 0 Å². The summed E-state index contributed by atoms with van der Waals surface area (Å²) in [6.07, 6.45) is 3.41. The number of piperidine rings is 1. The number of carbonyl (C=O) groups excluding carboxylic acids is 1. The second-order valence-corrected chi connectivity index (χ2v) is 8.57. The summed E-state index contributed by atoms with van der Waals surface area (Å²) in [4.78, 5) is 27.2. The molecular formula is C22H27N5OS. The molecule has 1 amide bonds. The second-order valence-electron chi connectivity index (χ2n) is 7.72. The molecule has 1 aromatic carbocycles. The maximum atomic E-state index is 12.7. The fourth-order valence-corrected chi connectivity index (χ4v) is 4.68. The number of carbonyl (C=O) groups is 1. The van der Waals surface area contributed by atoms with Gasteiger partial charge in [0.2, 0.25) is 5.91 Å². The van der Waals surface area contributed by atoms with Crippen molar-refractivity contribution in [1.29, 1.82) is 0 Å². The molecule has 0 saturated carbocycles. The normalized spacial score (nSPS) is 14.5. The van der Waals surface area contributed by atoms with Gasteiger partial charge < -0.3 is 15.1 Å². The first kappa shape index (κ1) is 19.8. The van der Waals surface area contributed by atoms with Gasteiger partial charge in [0, 0.05) is 24.0 Å². The minimum Gasteiger partial charge on any atom is -0.360 e. The Balaban J connectivity index is 1.67. The molecular weight excluding hydrogens is 382 g/mol. The molecule has 1 aliphatic rings. The summed E-state index contributed by atoms with van der Waals surface area (Å²) in [6.45, 7) is 2.64. The molecule has 3 aromatic rings. The number of likely N-dealkylation sites (tertiary alicyclic amines) is 1. The summed E-state index contributed by atoms with van der Waals surface area (Å²) < 4.78 is 0. The van der Waals surface area contributed by atoms with E-state index in [4.69, 9.17) is 9.97 Å². The van der Waals surface area contributed by atoms with Crippen LogP contribution in [0.1, 0.15) is 25.1 Å². The lowest BCUT2D eigenvalue weighted by Gasteiger charge is -2.27. The number of fused-ring (bicyclic) bond motifs is 1. The third kappa shape index (κ3) is 4.57. The van der Waals surface area contributed by atoms with Crippen molar-refractivity contribution in [1.82, 2.24) is 19.8 Å². The second kappa shape index (κ2) is 8.88. The van der Waals surface area contributed by atoms with Crippen molar-refractivity contribution in [3.05, 3.63) is 41.5 Å². The smallest absolute Gasteiger partial charge is 0.241 e. The molecule has 0 bridgehead atoms. The first-order valence-corrected chi connectivity index (χ1v) is 11.0. The lowest BCUT2D eigenvalue weighted by molar-refractivity contribution is -0.130. The Labute approximate surface area is 175 Å². The third-order valence-electron chi connectivity index (χ3n) is 5.14. The fourth-order valence-electron chi connectivity index (χ4n) is 3.71. The number of amides is 1. The largest absolute Gasteiger partial charge is 0.360 e. The molecule has 4 rings (SSSR count). The predicted molar refractivity (Wildman–Crippen MR) is 119 cm³/mol. The Morgan fingerprint density at radius 2 is 1.90 bits per heavy atom. The highest BCUT2D eigenvalue weighted by atomic mass is 32.1. The zero-order valence-corrected chi connectivity index (χ0v) is 17.8. The van der Waals surface area contributed by atoms with Crippen LogP contribution < -0.4 is 5.32 Å². The molecule has 1 N–H and O–H groups in total. The van der Waals surface area contributed by atoms with E-state index in [1.807, 2.05) is 37.2 Å². The van der Waals surface area contributed by atoms with E-state index in [0.29, 0.717) is 6.54 Å². The number of nitrogens with zero attached hydrogens (tertiary/aromatic N) is 4. The summed E-state index contributed by atoms with van der Waals surface area (Å²) in [5, 5.41) is 6.47. The average molecular weight is 410 g/mol. The third-order valence-corrected chi connectivity index (χ3v) is 6.01. The monoisotopic (exact) mass is 409 g/mol. The summed E-state index contributed by atoms with van der Waals surface area (Å²) in [7, 11) is 4.01. The van der Waals surface area contributed by atoms with Crippen LogP contribution in [0.25, 0.3) is 21.3 Å². The van der Waals surface area contributed by atoms with Crippen molar-refractivity contribution in [3.63, 3.8) is 0 Å². The van der Waals surface area contributed by atoms with E-state index in [1.54, 1.807) is 11.3 Å². The van der Waals surface area contributed by atoms with Crippen molar-refractivity contribution in [2.75, 3.05) is 39.0 Å². The van der Waals surface area contributed by atoms with Crippen molar-refractivity contribution in [2.45, 2.75) is 25.8 Å². The summed E-state index contributed by atoms with van der Waals surface area (Å²) in [6, 6.07) is 10.3. The van der Waals surface area contributed by atoms with Crippen LogP contribution >= 0.6 is 11.3 Å². The molecule has 1 fully saturated rings. The topological polar surface area (TPSA) is 61.4 Å².